The Kier molecular flexibility index (Phi) is 4.34. The Morgan fingerprint density at radius 2 is 1.88 bits per heavy atom. The molecule has 0 atom stereocenters. The predicted octanol–water partition coefficient (Wildman–Crippen LogP) is 2.11. The standard InChI is InChI=1S/C11H12F2O3S/c1-8(14)3-2-6-17(15,16)9-4-5-10(12)11(13)7-9/h4-5,7H,2-3,6H2,1H3. The van der Waals surface area contributed by atoms with E-state index >= 15 is 0 Å². The summed E-state index contributed by atoms with van der Waals surface area (Å²) in [4.78, 5) is 10.4. The fourth-order valence-electron chi connectivity index (χ4n) is 1.30. The molecule has 0 aliphatic carbocycles. The van der Waals surface area contributed by atoms with Gasteiger partial charge in [-0.2, -0.15) is 0 Å². The van der Waals surface area contributed by atoms with Crippen molar-refractivity contribution < 1.29 is 22.0 Å². The summed E-state index contributed by atoms with van der Waals surface area (Å²) < 4.78 is 48.9. The molecule has 3 nitrogen and oxygen atoms in total. The lowest BCUT2D eigenvalue weighted by Crippen LogP contribution is -2.08. The molecule has 1 rings (SSSR count). The average Bonchev–Trinajstić information content (AvgIpc) is 2.21. The van der Waals surface area contributed by atoms with Crippen molar-refractivity contribution in [2.24, 2.45) is 0 Å². The van der Waals surface area contributed by atoms with E-state index in [2.05, 4.69) is 0 Å². The van der Waals surface area contributed by atoms with Gasteiger partial charge in [-0.15, -0.1) is 0 Å². The van der Waals surface area contributed by atoms with Crippen LogP contribution in [0.2, 0.25) is 0 Å². The third-order valence-electron chi connectivity index (χ3n) is 2.19. The lowest BCUT2D eigenvalue weighted by Gasteiger charge is -2.04. The summed E-state index contributed by atoms with van der Waals surface area (Å²) in [5.74, 6) is -2.65. The first-order valence-corrected chi connectivity index (χ1v) is 6.65. The van der Waals surface area contributed by atoms with Crippen LogP contribution in [0.1, 0.15) is 19.8 Å². The zero-order chi connectivity index (χ0) is 13.1. The fourth-order valence-corrected chi connectivity index (χ4v) is 2.62. The molecule has 0 amide bonds. The van der Waals surface area contributed by atoms with E-state index in [4.69, 9.17) is 0 Å². The second kappa shape index (κ2) is 5.35. The normalized spacial score (nSPS) is 11.5. The maximum Gasteiger partial charge on any atom is 0.178 e. The van der Waals surface area contributed by atoms with Crippen molar-refractivity contribution >= 4 is 15.6 Å². The molecule has 0 bridgehead atoms. The van der Waals surface area contributed by atoms with Crippen LogP contribution in [0.25, 0.3) is 0 Å². The van der Waals surface area contributed by atoms with Crippen molar-refractivity contribution in [2.75, 3.05) is 5.75 Å². The number of halogens is 2. The highest BCUT2D eigenvalue weighted by molar-refractivity contribution is 7.91. The average molecular weight is 262 g/mol. The first-order valence-electron chi connectivity index (χ1n) is 5.00. The Morgan fingerprint density at radius 3 is 2.41 bits per heavy atom. The van der Waals surface area contributed by atoms with Crippen LogP contribution in [0.3, 0.4) is 0 Å². The molecule has 0 spiro atoms. The third-order valence-corrected chi connectivity index (χ3v) is 3.99. The highest BCUT2D eigenvalue weighted by Crippen LogP contribution is 2.16. The molecule has 0 aromatic heterocycles. The Morgan fingerprint density at radius 1 is 1.24 bits per heavy atom. The van der Waals surface area contributed by atoms with E-state index < -0.39 is 21.5 Å². The molecule has 0 saturated carbocycles. The molecule has 0 aliphatic rings. The number of carbonyl (C=O) groups excluding carboxylic acids is 1. The van der Waals surface area contributed by atoms with E-state index in [1.807, 2.05) is 0 Å². The highest BCUT2D eigenvalue weighted by Gasteiger charge is 2.16. The van der Waals surface area contributed by atoms with E-state index in [0.717, 1.165) is 12.1 Å². The van der Waals surface area contributed by atoms with E-state index in [-0.39, 0.29) is 29.3 Å². The van der Waals surface area contributed by atoms with Crippen molar-refractivity contribution in [1.29, 1.82) is 0 Å². The Bertz CT molecular complexity index is 524. The zero-order valence-electron chi connectivity index (χ0n) is 9.24. The van der Waals surface area contributed by atoms with E-state index in [9.17, 15) is 22.0 Å². The van der Waals surface area contributed by atoms with Gasteiger partial charge in [0.05, 0.1) is 10.6 Å². The van der Waals surface area contributed by atoms with Crippen LogP contribution in [0.5, 0.6) is 0 Å². The van der Waals surface area contributed by atoms with Gasteiger partial charge in [-0.25, -0.2) is 17.2 Å². The van der Waals surface area contributed by atoms with Gasteiger partial charge in [-0.05, 0) is 31.5 Å². The molecular weight excluding hydrogens is 250 g/mol. The van der Waals surface area contributed by atoms with Crippen LogP contribution < -0.4 is 0 Å². The predicted molar refractivity (Wildman–Crippen MR) is 58.3 cm³/mol. The van der Waals surface area contributed by atoms with Crippen molar-refractivity contribution in [3.05, 3.63) is 29.8 Å². The smallest absolute Gasteiger partial charge is 0.178 e. The second-order valence-corrected chi connectivity index (χ2v) is 5.81. The highest BCUT2D eigenvalue weighted by atomic mass is 32.2. The number of rotatable bonds is 5. The lowest BCUT2D eigenvalue weighted by atomic mass is 10.3. The minimum absolute atomic E-state index is 0.106. The molecule has 17 heavy (non-hydrogen) atoms. The molecule has 0 saturated heterocycles. The van der Waals surface area contributed by atoms with Gasteiger partial charge in [-0.1, -0.05) is 0 Å². The Hall–Kier alpha value is -1.30. The van der Waals surface area contributed by atoms with Crippen LogP contribution in [0, 0.1) is 11.6 Å². The van der Waals surface area contributed by atoms with E-state index in [1.54, 1.807) is 0 Å². The van der Waals surface area contributed by atoms with E-state index in [0.29, 0.717) is 6.07 Å². The Balaban J connectivity index is 2.82. The first kappa shape index (κ1) is 13.8. The lowest BCUT2D eigenvalue weighted by molar-refractivity contribution is -0.117. The minimum Gasteiger partial charge on any atom is -0.300 e. The van der Waals surface area contributed by atoms with Crippen molar-refractivity contribution in [3.8, 4) is 0 Å². The summed E-state index contributed by atoms with van der Waals surface area (Å²) in [6.45, 7) is 1.37. The molecule has 1 aromatic rings. The van der Waals surface area contributed by atoms with Gasteiger partial charge >= 0.3 is 0 Å². The number of ketones is 1. The van der Waals surface area contributed by atoms with Crippen LogP contribution in [0.15, 0.2) is 23.1 Å². The number of sulfone groups is 1. The molecule has 0 fully saturated rings. The molecule has 94 valence electrons. The van der Waals surface area contributed by atoms with Crippen LogP contribution in [-0.2, 0) is 14.6 Å². The fraction of sp³-hybridized carbons (Fsp3) is 0.364. The summed E-state index contributed by atoms with van der Waals surface area (Å²) >= 11 is 0. The summed E-state index contributed by atoms with van der Waals surface area (Å²) in [5.41, 5.74) is 0. The first-order chi connectivity index (χ1) is 7.83. The number of benzene rings is 1. The number of Topliss-reactive ketones (excluding diaryl/α,β-unsaturated/α-hetero) is 1. The van der Waals surface area contributed by atoms with Crippen molar-refractivity contribution in [2.45, 2.75) is 24.7 Å². The quantitative estimate of drug-likeness (QED) is 0.764. The summed E-state index contributed by atoms with van der Waals surface area (Å²) in [6.07, 6.45) is 0.333. The molecule has 6 heteroatoms. The molecular formula is C11H12F2O3S. The van der Waals surface area contributed by atoms with Crippen LogP contribution in [0.4, 0.5) is 8.78 Å². The maximum absolute atomic E-state index is 12.9. The van der Waals surface area contributed by atoms with Gasteiger partial charge in [0.2, 0.25) is 0 Å². The summed E-state index contributed by atoms with van der Waals surface area (Å²) in [6, 6.07) is 2.44. The van der Waals surface area contributed by atoms with Gasteiger partial charge in [0.1, 0.15) is 5.78 Å². The van der Waals surface area contributed by atoms with Gasteiger partial charge in [0, 0.05) is 6.42 Å². The summed E-state index contributed by atoms with van der Waals surface area (Å²) in [7, 11) is -3.65. The monoisotopic (exact) mass is 262 g/mol. The van der Waals surface area contributed by atoms with Crippen molar-refractivity contribution in [1.82, 2.24) is 0 Å². The molecule has 1 aromatic carbocycles. The molecule has 0 N–H and O–H groups in total. The van der Waals surface area contributed by atoms with Crippen LogP contribution >= 0.6 is 0 Å². The largest absolute Gasteiger partial charge is 0.300 e. The minimum atomic E-state index is -3.65. The number of hydrogen-bond acceptors (Lipinski definition) is 3. The van der Waals surface area contributed by atoms with Crippen LogP contribution in [-0.4, -0.2) is 20.0 Å². The molecule has 0 heterocycles. The van der Waals surface area contributed by atoms with Gasteiger partial charge in [-0.3, -0.25) is 0 Å². The topological polar surface area (TPSA) is 51.2 Å². The Labute approximate surface area is 98.4 Å². The molecule has 0 unspecified atom stereocenters. The van der Waals surface area contributed by atoms with Gasteiger partial charge in [0.25, 0.3) is 0 Å². The van der Waals surface area contributed by atoms with E-state index in [1.165, 1.54) is 6.92 Å². The maximum atomic E-state index is 12.9. The third kappa shape index (κ3) is 3.89. The molecule has 0 aliphatic heterocycles. The number of hydrogen-bond donors (Lipinski definition) is 0. The zero-order valence-corrected chi connectivity index (χ0v) is 10.1. The summed E-state index contributed by atoms with van der Waals surface area (Å²) in [5, 5.41) is 0. The second-order valence-electron chi connectivity index (χ2n) is 3.70. The van der Waals surface area contributed by atoms with Gasteiger partial charge < -0.3 is 4.79 Å². The van der Waals surface area contributed by atoms with Gasteiger partial charge in [0.15, 0.2) is 21.5 Å². The SMILES string of the molecule is CC(=O)CCCS(=O)(=O)c1ccc(F)c(F)c1. The van der Waals surface area contributed by atoms with Crippen molar-refractivity contribution in [3.63, 3.8) is 0 Å². The molecule has 0 radical (unpaired) electrons. The number of carbonyl (C=O) groups is 1.